The Balaban J connectivity index is 1.87. The van der Waals surface area contributed by atoms with E-state index in [0.29, 0.717) is 18.5 Å². The Morgan fingerprint density at radius 1 is 0.821 bits per heavy atom. The molecule has 1 N–H and O–H groups in total. The van der Waals surface area contributed by atoms with E-state index in [2.05, 4.69) is 5.32 Å². The number of para-hydroxylation sites is 1. The van der Waals surface area contributed by atoms with E-state index in [1.807, 2.05) is 87.5 Å². The Bertz CT molecular complexity index is 1310. The molecule has 1 atom stereocenters. The number of anilines is 1. The first kappa shape index (κ1) is 29.9. The second-order valence-electron chi connectivity index (χ2n) is 10.7. The monoisotopic (exact) mass is 549 g/mol. The molecule has 39 heavy (non-hydrogen) atoms. The Labute approximate surface area is 232 Å². The number of sulfonamides is 1. The minimum Gasteiger partial charge on any atom is -0.350 e. The van der Waals surface area contributed by atoms with Gasteiger partial charge in [-0.05, 0) is 50.5 Å². The Hall–Kier alpha value is -3.65. The topological polar surface area (TPSA) is 86.8 Å². The standard InChI is InChI=1S/C31H39N3O4S/c1-31(2,3)32-30(36)28(23-25-15-8-5-9-16-25)33(24-26-17-10-6-11-18-26)29(35)21-14-22-34(39(4,37)38)27-19-12-7-13-20-27/h5-13,15-20,28H,14,21-24H2,1-4H3,(H,32,36). The van der Waals surface area contributed by atoms with Gasteiger partial charge in [0.1, 0.15) is 6.04 Å². The molecular formula is C31H39N3O4S. The molecule has 208 valence electrons. The molecule has 7 nitrogen and oxygen atoms in total. The summed E-state index contributed by atoms with van der Waals surface area (Å²) in [6.45, 7) is 6.17. The Kier molecular flexibility index (Phi) is 10.3. The van der Waals surface area contributed by atoms with Gasteiger partial charge in [-0.2, -0.15) is 0 Å². The van der Waals surface area contributed by atoms with E-state index in [1.54, 1.807) is 29.2 Å². The zero-order valence-electron chi connectivity index (χ0n) is 23.2. The molecule has 3 aromatic carbocycles. The number of amides is 2. The van der Waals surface area contributed by atoms with Gasteiger partial charge < -0.3 is 10.2 Å². The molecule has 0 aliphatic rings. The summed E-state index contributed by atoms with van der Waals surface area (Å²) in [6.07, 6.45) is 1.93. The van der Waals surface area contributed by atoms with Crippen LogP contribution in [0.25, 0.3) is 0 Å². The van der Waals surface area contributed by atoms with Crippen LogP contribution < -0.4 is 9.62 Å². The predicted octanol–water partition coefficient (Wildman–Crippen LogP) is 4.79. The summed E-state index contributed by atoms with van der Waals surface area (Å²) in [6, 6.07) is 27.4. The molecule has 0 aliphatic carbocycles. The molecule has 3 rings (SSSR count). The van der Waals surface area contributed by atoms with E-state index < -0.39 is 21.6 Å². The van der Waals surface area contributed by atoms with Crippen LogP contribution in [-0.2, 0) is 32.6 Å². The zero-order valence-corrected chi connectivity index (χ0v) is 24.0. The summed E-state index contributed by atoms with van der Waals surface area (Å²) in [4.78, 5) is 29.0. The molecule has 0 bridgehead atoms. The second kappa shape index (κ2) is 13.4. The van der Waals surface area contributed by atoms with E-state index in [4.69, 9.17) is 0 Å². The van der Waals surface area contributed by atoms with Crippen molar-refractivity contribution < 1.29 is 18.0 Å². The molecule has 0 heterocycles. The molecule has 0 aromatic heterocycles. The fraction of sp³-hybridized carbons (Fsp3) is 0.355. The van der Waals surface area contributed by atoms with Crippen molar-refractivity contribution in [2.75, 3.05) is 17.1 Å². The first-order chi connectivity index (χ1) is 18.4. The van der Waals surface area contributed by atoms with Crippen molar-refractivity contribution in [2.45, 2.75) is 58.2 Å². The average Bonchev–Trinajstić information content (AvgIpc) is 2.88. The number of nitrogens with zero attached hydrogens (tertiary/aromatic N) is 2. The molecule has 0 fully saturated rings. The lowest BCUT2D eigenvalue weighted by molar-refractivity contribution is -0.142. The van der Waals surface area contributed by atoms with Gasteiger partial charge in [-0.3, -0.25) is 13.9 Å². The number of nitrogens with one attached hydrogen (secondary N) is 1. The first-order valence-electron chi connectivity index (χ1n) is 13.2. The SMILES string of the molecule is CC(C)(C)NC(=O)C(Cc1ccccc1)N(Cc1ccccc1)C(=O)CCCN(c1ccccc1)S(C)(=O)=O. The smallest absolute Gasteiger partial charge is 0.243 e. The maximum atomic E-state index is 13.8. The number of carbonyl (C=O) groups excluding carboxylic acids is 2. The highest BCUT2D eigenvalue weighted by molar-refractivity contribution is 7.92. The van der Waals surface area contributed by atoms with Gasteiger partial charge in [-0.1, -0.05) is 78.9 Å². The van der Waals surface area contributed by atoms with Gasteiger partial charge in [0, 0.05) is 31.5 Å². The molecule has 0 radical (unpaired) electrons. The minimum absolute atomic E-state index is 0.0970. The third-order valence-corrected chi connectivity index (χ3v) is 7.36. The van der Waals surface area contributed by atoms with Crippen molar-refractivity contribution in [3.63, 3.8) is 0 Å². The zero-order chi connectivity index (χ0) is 28.5. The summed E-state index contributed by atoms with van der Waals surface area (Å²) in [5.41, 5.74) is 1.94. The van der Waals surface area contributed by atoms with Gasteiger partial charge >= 0.3 is 0 Å². The highest BCUT2D eigenvalue weighted by Crippen LogP contribution is 2.20. The average molecular weight is 550 g/mol. The number of hydrogen-bond donors (Lipinski definition) is 1. The van der Waals surface area contributed by atoms with Gasteiger partial charge in [0.15, 0.2) is 0 Å². The number of rotatable bonds is 12. The van der Waals surface area contributed by atoms with Crippen molar-refractivity contribution in [2.24, 2.45) is 0 Å². The molecule has 0 saturated heterocycles. The molecule has 0 saturated carbocycles. The Morgan fingerprint density at radius 2 is 1.33 bits per heavy atom. The van der Waals surface area contributed by atoms with Crippen molar-refractivity contribution >= 4 is 27.5 Å². The maximum absolute atomic E-state index is 13.8. The van der Waals surface area contributed by atoms with Crippen LogP contribution in [0.15, 0.2) is 91.0 Å². The van der Waals surface area contributed by atoms with Gasteiger partial charge in [0.25, 0.3) is 0 Å². The lowest BCUT2D eigenvalue weighted by Gasteiger charge is -2.34. The number of carbonyl (C=O) groups is 2. The van der Waals surface area contributed by atoms with E-state index in [0.717, 1.165) is 17.4 Å². The van der Waals surface area contributed by atoms with Crippen LogP contribution in [0.5, 0.6) is 0 Å². The third-order valence-electron chi connectivity index (χ3n) is 6.16. The summed E-state index contributed by atoms with van der Waals surface area (Å²) in [5.74, 6) is -0.428. The molecule has 8 heteroatoms. The lowest BCUT2D eigenvalue weighted by Crippen LogP contribution is -2.54. The van der Waals surface area contributed by atoms with Crippen LogP contribution >= 0.6 is 0 Å². The lowest BCUT2D eigenvalue weighted by atomic mass is 10.00. The summed E-state index contributed by atoms with van der Waals surface area (Å²) < 4.78 is 26.3. The van der Waals surface area contributed by atoms with Crippen LogP contribution in [0.4, 0.5) is 5.69 Å². The molecular weight excluding hydrogens is 510 g/mol. The first-order valence-corrected chi connectivity index (χ1v) is 15.0. The maximum Gasteiger partial charge on any atom is 0.243 e. The number of hydrogen-bond acceptors (Lipinski definition) is 4. The van der Waals surface area contributed by atoms with E-state index >= 15 is 0 Å². The van der Waals surface area contributed by atoms with Crippen molar-refractivity contribution in [1.29, 1.82) is 0 Å². The van der Waals surface area contributed by atoms with Crippen molar-refractivity contribution in [3.05, 3.63) is 102 Å². The predicted molar refractivity (Wildman–Crippen MR) is 157 cm³/mol. The van der Waals surface area contributed by atoms with Crippen LogP contribution in [0.3, 0.4) is 0 Å². The quantitative estimate of drug-likeness (QED) is 0.352. The van der Waals surface area contributed by atoms with E-state index in [-0.39, 0.29) is 31.3 Å². The second-order valence-corrected chi connectivity index (χ2v) is 12.6. The van der Waals surface area contributed by atoms with Gasteiger partial charge in [0.05, 0.1) is 11.9 Å². The molecule has 2 amide bonds. The van der Waals surface area contributed by atoms with Crippen LogP contribution in [0, 0.1) is 0 Å². The normalized spacial score (nSPS) is 12.4. The van der Waals surface area contributed by atoms with Crippen molar-refractivity contribution in [1.82, 2.24) is 10.2 Å². The highest BCUT2D eigenvalue weighted by atomic mass is 32.2. The van der Waals surface area contributed by atoms with Crippen LogP contribution in [-0.4, -0.2) is 49.5 Å². The third kappa shape index (κ3) is 9.55. The summed E-state index contributed by atoms with van der Waals surface area (Å²) >= 11 is 0. The van der Waals surface area contributed by atoms with Crippen LogP contribution in [0.2, 0.25) is 0 Å². The fourth-order valence-corrected chi connectivity index (χ4v) is 5.35. The van der Waals surface area contributed by atoms with Crippen molar-refractivity contribution in [3.8, 4) is 0 Å². The molecule has 0 spiro atoms. The fourth-order valence-electron chi connectivity index (χ4n) is 4.39. The van der Waals surface area contributed by atoms with Crippen LogP contribution in [0.1, 0.15) is 44.7 Å². The van der Waals surface area contributed by atoms with Gasteiger partial charge in [-0.15, -0.1) is 0 Å². The Morgan fingerprint density at radius 3 is 1.85 bits per heavy atom. The molecule has 0 aliphatic heterocycles. The summed E-state index contributed by atoms with van der Waals surface area (Å²) in [5, 5.41) is 3.06. The van der Waals surface area contributed by atoms with Gasteiger partial charge in [0.2, 0.25) is 21.8 Å². The minimum atomic E-state index is -3.53. The van der Waals surface area contributed by atoms with E-state index in [9.17, 15) is 18.0 Å². The largest absolute Gasteiger partial charge is 0.350 e. The highest BCUT2D eigenvalue weighted by Gasteiger charge is 2.32. The number of benzene rings is 3. The molecule has 1 unspecified atom stereocenters. The van der Waals surface area contributed by atoms with E-state index in [1.165, 1.54) is 4.31 Å². The molecule has 3 aromatic rings. The van der Waals surface area contributed by atoms with Gasteiger partial charge in [-0.25, -0.2) is 8.42 Å². The summed E-state index contributed by atoms with van der Waals surface area (Å²) in [7, 11) is -3.53.